The second-order valence-electron chi connectivity index (χ2n) is 4.61. The quantitative estimate of drug-likeness (QED) is 0.677. The van der Waals surface area contributed by atoms with Gasteiger partial charge in [0.25, 0.3) is 0 Å². The zero-order valence-electron chi connectivity index (χ0n) is 10.5. The normalized spacial score (nSPS) is 11.1. The van der Waals surface area contributed by atoms with Crippen molar-refractivity contribution in [3.63, 3.8) is 0 Å². The first-order valence-corrected chi connectivity index (χ1v) is 6.86. The summed E-state index contributed by atoms with van der Waals surface area (Å²) in [6.07, 6.45) is 0. The number of hydrogen-bond acceptors (Lipinski definition) is 1. The van der Waals surface area contributed by atoms with E-state index >= 15 is 0 Å². The summed E-state index contributed by atoms with van der Waals surface area (Å²) >= 11 is 11.3. The van der Waals surface area contributed by atoms with Gasteiger partial charge >= 0.3 is 0 Å². The summed E-state index contributed by atoms with van der Waals surface area (Å²) in [4.78, 5) is 3.25. The summed E-state index contributed by atoms with van der Waals surface area (Å²) in [5.74, 6) is 0. The van der Waals surface area contributed by atoms with E-state index in [4.69, 9.17) is 23.8 Å². The Morgan fingerprint density at radius 2 is 1.89 bits per heavy atom. The SMILES string of the molecule is Cc1cccc2[nH]c(=S)n(Cc3ccc(Cl)cc3)c12. The van der Waals surface area contributed by atoms with Gasteiger partial charge < -0.3 is 9.55 Å². The van der Waals surface area contributed by atoms with Gasteiger partial charge in [-0.15, -0.1) is 0 Å². The minimum Gasteiger partial charge on any atom is -0.331 e. The van der Waals surface area contributed by atoms with E-state index in [-0.39, 0.29) is 0 Å². The van der Waals surface area contributed by atoms with Gasteiger partial charge in [0.1, 0.15) is 0 Å². The first kappa shape index (κ1) is 12.5. The molecule has 3 aromatic rings. The van der Waals surface area contributed by atoms with Crippen LogP contribution in [-0.4, -0.2) is 9.55 Å². The minimum atomic E-state index is 0.749. The van der Waals surface area contributed by atoms with E-state index < -0.39 is 0 Å². The maximum Gasteiger partial charge on any atom is 0.178 e. The Balaban J connectivity index is 2.12. The van der Waals surface area contributed by atoms with Gasteiger partial charge in [0, 0.05) is 5.02 Å². The number of aryl methyl sites for hydroxylation is 1. The number of nitrogens with zero attached hydrogens (tertiary/aromatic N) is 1. The average molecular weight is 289 g/mol. The lowest BCUT2D eigenvalue weighted by Gasteiger charge is -2.07. The van der Waals surface area contributed by atoms with Crippen molar-refractivity contribution in [2.45, 2.75) is 13.5 Å². The van der Waals surface area contributed by atoms with Crippen molar-refractivity contribution in [3.8, 4) is 0 Å². The van der Waals surface area contributed by atoms with Crippen molar-refractivity contribution in [1.82, 2.24) is 9.55 Å². The van der Waals surface area contributed by atoms with Crippen LogP contribution in [0.15, 0.2) is 42.5 Å². The standard InChI is InChI=1S/C15H13ClN2S/c1-10-3-2-4-13-14(10)18(15(19)17-13)9-11-5-7-12(16)8-6-11/h2-8H,9H2,1H3,(H,17,19). The third-order valence-corrected chi connectivity index (χ3v) is 3.82. The van der Waals surface area contributed by atoms with Crippen LogP contribution in [0, 0.1) is 11.7 Å². The second-order valence-corrected chi connectivity index (χ2v) is 5.44. The molecule has 0 fully saturated rings. The maximum absolute atomic E-state index is 5.91. The Bertz CT molecular complexity index is 784. The molecule has 0 aliphatic heterocycles. The Hall–Kier alpha value is -1.58. The molecular weight excluding hydrogens is 276 g/mol. The van der Waals surface area contributed by atoms with E-state index in [9.17, 15) is 0 Å². The number of aromatic nitrogens is 2. The highest BCUT2D eigenvalue weighted by atomic mass is 35.5. The zero-order chi connectivity index (χ0) is 13.4. The summed E-state index contributed by atoms with van der Waals surface area (Å²) in [6.45, 7) is 2.85. The monoisotopic (exact) mass is 288 g/mol. The van der Waals surface area contributed by atoms with Crippen molar-refractivity contribution in [1.29, 1.82) is 0 Å². The zero-order valence-corrected chi connectivity index (χ0v) is 12.1. The highest BCUT2D eigenvalue weighted by Crippen LogP contribution is 2.20. The molecule has 0 aliphatic carbocycles. The van der Waals surface area contributed by atoms with Crippen LogP contribution >= 0.6 is 23.8 Å². The van der Waals surface area contributed by atoms with E-state index in [0.29, 0.717) is 0 Å². The molecule has 4 heteroatoms. The molecule has 96 valence electrons. The van der Waals surface area contributed by atoms with E-state index in [1.165, 1.54) is 16.6 Å². The van der Waals surface area contributed by atoms with Gasteiger partial charge in [-0.1, -0.05) is 35.9 Å². The highest BCUT2D eigenvalue weighted by Gasteiger charge is 2.07. The smallest absolute Gasteiger partial charge is 0.178 e. The Kier molecular flexibility index (Phi) is 3.17. The Labute approximate surface area is 121 Å². The van der Waals surface area contributed by atoms with Crippen molar-refractivity contribution >= 4 is 34.9 Å². The number of halogens is 1. The summed E-state index contributed by atoms with van der Waals surface area (Å²) < 4.78 is 2.88. The molecule has 0 radical (unpaired) electrons. The van der Waals surface area contributed by atoms with Gasteiger partial charge in [-0.3, -0.25) is 0 Å². The number of benzene rings is 2. The van der Waals surface area contributed by atoms with Gasteiger partial charge in [-0.05, 0) is 48.5 Å². The van der Waals surface area contributed by atoms with Gasteiger partial charge in [0.05, 0.1) is 17.6 Å². The molecule has 1 N–H and O–H groups in total. The number of fused-ring (bicyclic) bond motifs is 1. The van der Waals surface area contributed by atoms with E-state index in [1.807, 2.05) is 30.3 Å². The molecule has 0 bridgehead atoms. The molecule has 19 heavy (non-hydrogen) atoms. The number of imidazole rings is 1. The molecule has 0 aliphatic rings. The summed E-state index contributed by atoms with van der Waals surface area (Å²) in [7, 11) is 0. The molecule has 3 rings (SSSR count). The van der Waals surface area contributed by atoms with Crippen molar-refractivity contribution < 1.29 is 0 Å². The van der Waals surface area contributed by atoms with Gasteiger partial charge in [0.2, 0.25) is 0 Å². The molecule has 0 saturated heterocycles. The summed E-state index contributed by atoms with van der Waals surface area (Å²) in [6, 6.07) is 14.1. The average Bonchev–Trinajstić information content (AvgIpc) is 2.70. The number of nitrogens with one attached hydrogen (secondary N) is 1. The summed E-state index contributed by atoms with van der Waals surface area (Å²) in [5.41, 5.74) is 4.66. The number of para-hydroxylation sites is 1. The third kappa shape index (κ3) is 2.31. The largest absolute Gasteiger partial charge is 0.331 e. The fraction of sp³-hybridized carbons (Fsp3) is 0.133. The molecule has 2 aromatic carbocycles. The van der Waals surface area contributed by atoms with Crippen molar-refractivity contribution in [2.75, 3.05) is 0 Å². The molecule has 0 spiro atoms. The van der Waals surface area contributed by atoms with Crippen LogP contribution in [0.2, 0.25) is 5.02 Å². The highest BCUT2D eigenvalue weighted by molar-refractivity contribution is 7.71. The number of aromatic amines is 1. The van der Waals surface area contributed by atoms with Crippen LogP contribution in [0.5, 0.6) is 0 Å². The van der Waals surface area contributed by atoms with Crippen molar-refractivity contribution in [3.05, 3.63) is 63.4 Å². The number of H-pyrrole nitrogens is 1. The molecular formula is C15H13ClN2S. The van der Waals surface area contributed by atoms with Crippen LogP contribution in [0.4, 0.5) is 0 Å². The van der Waals surface area contributed by atoms with Crippen LogP contribution in [0.3, 0.4) is 0 Å². The van der Waals surface area contributed by atoms with Crippen LogP contribution in [0.25, 0.3) is 11.0 Å². The van der Waals surface area contributed by atoms with Crippen molar-refractivity contribution in [2.24, 2.45) is 0 Å². The molecule has 1 heterocycles. The molecule has 0 amide bonds. The lowest BCUT2D eigenvalue weighted by atomic mass is 10.2. The van der Waals surface area contributed by atoms with E-state index in [1.54, 1.807) is 0 Å². The third-order valence-electron chi connectivity index (χ3n) is 3.25. The lowest BCUT2D eigenvalue weighted by molar-refractivity contribution is 0.808. The molecule has 2 nitrogen and oxygen atoms in total. The minimum absolute atomic E-state index is 0.749. The first-order valence-electron chi connectivity index (χ1n) is 6.08. The second kappa shape index (κ2) is 4.83. The number of hydrogen-bond donors (Lipinski definition) is 1. The molecule has 0 unspecified atom stereocenters. The van der Waals surface area contributed by atoms with E-state index in [0.717, 1.165) is 21.9 Å². The van der Waals surface area contributed by atoms with Crippen LogP contribution in [0.1, 0.15) is 11.1 Å². The van der Waals surface area contributed by atoms with Gasteiger partial charge in [0.15, 0.2) is 4.77 Å². The number of rotatable bonds is 2. The van der Waals surface area contributed by atoms with Gasteiger partial charge in [-0.2, -0.15) is 0 Å². The molecule has 0 saturated carbocycles. The van der Waals surface area contributed by atoms with Gasteiger partial charge in [-0.25, -0.2) is 0 Å². The van der Waals surface area contributed by atoms with E-state index in [2.05, 4.69) is 28.6 Å². The predicted octanol–water partition coefficient (Wildman–Crippen LogP) is 4.71. The maximum atomic E-state index is 5.91. The molecule has 1 aromatic heterocycles. The molecule has 0 atom stereocenters. The Morgan fingerprint density at radius 1 is 1.16 bits per heavy atom. The fourth-order valence-electron chi connectivity index (χ4n) is 2.33. The predicted molar refractivity (Wildman–Crippen MR) is 82.4 cm³/mol. The van der Waals surface area contributed by atoms with Crippen LogP contribution in [-0.2, 0) is 6.54 Å². The Morgan fingerprint density at radius 3 is 2.63 bits per heavy atom. The fourth-order valence-corrected chi connectivity index (χ4v) is 2.72. The van der Waals surface area contributed by atoms with Crippen LogP contribution < -0.4 is 0 Å². The summed E-state index contributed by atoms with van der Waals surface area (Å²) in [5, 5.41) is 0.752. The topological polar surface area (TPSA) is 20.7 Å². The lowest BCUT2D eigenvalue weighted by Crippen LogP contribution is -2.00. The first-order chi connectivity index (χ1) is 9.15.